The third-order valence-corrected chi connectivity index (χ3v) is 3.35. The maximum Gasteiger partial charge on any atom is 0.238 e. The third kappa shape index (κ3) is 1.44. The van der Waals surface area contributed by atoms with Crippen LogP contribution >= 0.6 is 0 Å². The van der Waals surface area contributed by atoms with Gasteiger partial charge in [0.15, 0.2) is 0 Å². The average molecular weight is 232 g/mol. The number of fused-ring (bicyclic) bond motifs is 1. The van der Waals surface area contributed by atoms with Gasteiger partial charge in [0.1, 0.15) is 24.5 Å². The molecule has 2 aliphatic heterocycles. The lowest BCUT2D eigenvalue weighted by Gasteiger charge is -2.46. The molecule has 4 N–H and O–H groups in total. The highest BCUT2D eigenvalue weighted by molar-refractivity contribution is 5.81. The molecule has 7 heteroatoms. The molecule has 0 bridgehead atoms. The molecule has 0 aromatic heterocycles. The number of aliphatic hydroxyl groups excluding tert-OH is 4. The Morgan fingerprint density at radius 1 is 1.25 bits per heavy atom. The molecule has 1 amide bonds. The van der Waals surface area contributed by atoms with E-state index in [9.17, 15) is 20.1 Å². The van der Waals surface area contributed by atoms with Crippen molar-refractivity contribution in [2.75, 3.05) is 20.2 Å². The van der Waals surface area contributed by atoms with Gasteiger partial charge in [-0.25, -0.2) is 0 Å². The van der Waals surface area contributed by atoms with Crippen LogP contribution < -0.4 is 0 Å². The summed E-state index contributed by atoms with van der Waals surface area (Å²) in [5.41, 5.74) is 0. The van der Waals surface area contributed by atoms with Gasteiger partial charge in [-0.2, -0.15) is 0 Å². The van der Waals surface area contributed by atoms with Crippen molar-refractivity contribution in [3.05, 3.63) is 0 Å². The zero-order valence-electron chi connectivity index (χ0n) is 8.89. The van der Waals surface area contributed by atoms with Crippen LogP contribution in [0.25, 0.3) is 0 Å². The minimum atomic E-state index is -1.35. The molecular weight excluding hydrogens is 216 g/mol. The number of rotatable bonds is 1. The molecule has 0 saturated carbocycles. The molecule has 92 valence electrons. The van der Waals surface area contributed by atoms with Crippen LogP contribution in [-0.4, -0.2) is 86.9 Å². The molecule has 0 aromatic rings. The molecule has 2 saturated heterocycles. The molecule has 0 aromatic carbocycles. The predicted octanol–water partition coefficient (Wildman–Crippen LogP) is -3.46. The number of carbonyl (C=O) groups is 1. The monoisotopic (exact) mass is 232 g/mol. The second-order valence-electron chi connectivity index (χ2n) is 4.35. The van der Waals surface area contributed by atoms with E-state index < -0.39 is 37.1 Å². The fourth-order valence-corrected chi connectivity index (χ4v) is 2.52. The Labute approximate surface area is 92.5 Å². The second kappa shape index (κ2) is 3.94. The first kappa shape index (κ1) is 11.7. The lowest BCUT2D eigenvalue weighted by atomic mass is 9.92. The molecule has 0 radical (unpaired) electrons. The number of likely N-dealkylation sites (N-methyl/N-ethyl adjacent to an activating group) is 1. The topological polar surface area (TPSA) is 104 Å². The molecule has 0 aliphatic carbocycles. The maximum atomic E-state index is 11.7. The van der Waals surface area contributed by atoms with Crippen molar-refractivity contribution in [1.29, 1.82) is 0 Å². The third-order valence-electron chi connectivity index (χ3n) is 3.35. The summed E-state index contributed by atoms with van der Waals surface area (Å²) in [6.45, 7) is -0.335. The summed E-state index contributed by atoms with van der Waals surface area (Å²) in [6, 6.07) is -0.860. The highest BCUT2D eigenvalue weighted by Gasteiger charge is 2.54. The molecule has 0 unspecified atom stereocenters. The lowest BCUT2D eigenvalue weighted by Crippen LogP contribution is -2.68. The summed E-state index contributed by atoms with van der Waals surface area (Å²) in [5.74, 6) is -0.267. The Kier molecular flexibility index (Phi) is 2.89. The highest BCUT2D eigenvalue weighted by Crippen LogP contribution is 2.30. The normalized spacial score (nSPS) is 44.9. The summed E-state index contributed by atoms with van der Waals surface area (Å²) < 4.78 is 0. The van der Waals surface area contributed by atoms with Crippen molar-refractivity contribution >= 4 is 5.91 Å². The van der Waals surface area contributed by atoms with E-state index in [1.807, 2.05) is 0 Å². The molecule has 5 atom stereocenters. The number of piperidine rings is 1. The molecule has 0 spiro atoms. The van der Waals surface area contributed by atoms with Crippen LogP contribution in [-0.2, 0) is 4.79 Å². The molecule has 16 heavy (non-hydrogen) atoms. The van der Waals surface area contributed by atoms with Crippen molar-refractivity contribution in [2.24, 2.45) is 0 Å². The summed E-state index contributed by atoms with van der Waals surface area (Å²) >= 11 is 0. The SMILES string of the molecule is CN1CC(=O)N2[C@H](CO)[C@@H](O)[C@H](O)[C@H](O)[C@@H]12. The van der Waals surface area contributed by atoms with E-state index in [-0.39, 0.29) is 12.5 Å². The van der Waals surface area contributed by atoms with Crippen LogP contribution in [0.4, 0.5) is 0 Å². The smallest absolute Gasteiger partial charge is 0.238 e. The van der Waals surface area contributed by atoms with Crippen LogP contribution in [0.1, 0.15) is 0 Å². The zero-order chi connectivity index (χ0) is 12.0. The van der Waals surface area contributed by atoms with Gasteiger partial charge in [0.05, 0.1) is 19.2 Å². The van der Waals surface area contributed by atoms with Crippen LogP contribution in [0.3, 0.4) is 0 Å². The molecule has 2 fully saturated rings. The average Bonchev–Trinajstić information content (AvgIpc) is 2.52. The largest absolute Gasteiger partial charge is 0.394 e. The fourth-order valence-electron chi connectivity index (χ4n) is 2.52. The Bertz CT molecular complexity index is 300. The molecule has 2 rings (SSSR count). The Balaban J connectivity index is 2.33. The standard InChI is InChI=1S/C9H16N2O5/c1-10-2-5(13)11-4(3-12)6(14)7(15)8(16)9(10)11/h4,6-9,12,14-16H,2-3H2,1H3/t4-,6-,7+,8+,9+/m1/s1. The van der Waals surface area contributed by atoms with Crippen molar-refractivity contribution in [3.63, 3.8) is 0 Å². The molecule has 7 nitrogen and oxygen atoms in total. The van der Waals surface area contributed by atoms with Gasteiger partial charge in [0.25, 0.3) is 0 Å². The van der Waals surface area contributed by atoms with E-state index in [0.29, 0.717) is 0 Å². The lowest BCUT2D eigenvalue weighted by molar-refractivity contribution is -0.185. The van der Waals surface area contributed by atoms with E-state index in [1.165, 1.54) is 4.90 Å². The Hall–Kier alpha value is -0.730. The first-order chi connectivity index (χ1) is 7.49. The predicted molar refractivity (Wildman–Crippen MR) is 52.2 cm³/mol. The van der Waals surface area contributed by atoms with Gasteiger partial charge in [0, 0.05) is 0 Å². The minimum absolute atomic E-state index is 0.109. The van der Waals surface area contributed by atoms with Gasteiger partial charge in [-0.05, 0) is 7.05 Å². The van der Waals surface area contributed by atoms with Gasteiger partial charge >= 0.3 is 0 Å². The van der Waals surface area contributed by atoms with Crippen molar-refractivity contribution < 1.29 is 25.2 Å². The number of amides is 1. The van der Waals surface area contributed by atoms with Gasteiger partial charge in [-0.15, -0.1) is 0 Å². The van der Waals surface area contributed by atoms with Crippen LogP contribution in [0.15, 0.2) is 0 Å². The summed E-state index contributed by atoms with van der Waals surface area (Å²) in [6.07, 6.45) is -4.59. The van der Waals surface area contributed by atoms with E-state index >= 15 is 0 Å². The van der Waals surface area contributed by atoms with Gasteiger partial charge in [-0.1, -0.05) is 0 Å². The highest BCUT2D eigenvalue weighted by atomic mass is 16.4. The number of hydrogen-bond acceptors (Lipinski definition) is 6. The van der Waals surface area contributed by atoms with Crippen LogP contribution in [0.5, 0.6) is 0 Å². The zero-order valence-corrected chi connectivity index (χ0v) is 8.89. The summed E-state index contributed by atoms with van der Waals surface area (Å²) in [5, 5.41) is 38.2. The van der Waals surface area contributed by atoms with Gasteiger partial charge in [0.2, 0.25) is 5.91 Å². The summed E-state index contributed by atoms with van der Waals surface area (Å²) in [4.78, 5) is 14.5. The molecular formula is C9H16N2O5. The van der Waals surface area contributed by atoms with Crippen molar-refractivity contribution in [2.45, 2.75) is 30.5 Å². The maximum absolute atomic E-state index is 11.7. The first-order valence-electron chi connectivity index (χ1n) is 5.15. The van der Waals surface area contributed by atoms with Crippen LogP contribution in [0, 0.1) is 0 Å². The molecule has 2 heterocycles. The van der Waals surface area contributed by atoms with Gasteiger partial charge < -0.3 is 25.3 Å². The van der Waals surface area contributed by atoms with E-state index in [1.54, 1.807) is 11.9 Å². The van der Waals surface area contributed by atoms with E-state index in [0.717, 1.165) is 0 Å². The number of hydrogen-bond donors (Lipinski definition) is 4. The minimum Gasteiger partial charge on any atom is -0.394 e. The summed E-state index contributed by atoms with van der Waals surface area (Å²) in [7, 11) is 1.64. The van der Waals surface area contributed by atoms with Gasteiger partial charge in [-0.3, -0.25) is 9.69 Å². The van der Waals surface area contributed by atoms with E-state index in [2.05, 4.69) is 0 Å². The van der Waals surface area contributed by atoms with Crippen molar-refractivity contribution in [3.8, 4) is 0 Å². The molecule has 2 aliphatic rings. The Morgan fingerprint density at radius 2 is 1.88 bits per heavy atom. The first-order valence-corrected chi connectivity index (χ1v) is 5.15. The number of carbonyl (C=O) groups excluding carboxylic acids is 1. The number of aliphatic hydroxyl groups is 4. The van der Waals surface area contributed by atoms with Crippen molar-refractivity contribution in [1.82, 2.24) is 9.80 Å². The van der Waals surface area contributed by atoms with E-state index in [4.69, 9.17) is 5.11 Å². The quantitative estimate of drug-likeness (QED) is 0.375. The van der Waals surface area contributed by atoms with Crippen LogP contribution in [0.2, 0.25) is 0 Å². The Morgan fingerprint density at radius 3 is 2.44 bits per heavy atom. The fraction of sp³-hybridized carbons (Fsp3) is 0.889. The second-order valence-corrected chi connectivity index (χ2v) is 4.35. The number of nitrogens with zero attached hydrogens (tertiary/aromatic N) is 2.